The number of pyridine rings is 1. The van der Waals surface area contributed by atoms with Gasteiger partial charge in [0.2, 0.25) is 0 Å². The summed E-state index contributed by atoms with van der Waals surface area (Å²) in [5.41, 5.74) is 4.82. The fourth-order valence-electron chi connectivity index (χ4n) is 3.03. The monoisotopic (exact) mass is 366 g/mol. The second-order valence-corrected chi connectivity index (χ2v) is 6.68. The van der Waals surface area contributed by atoms with Crippen molar-refractivity contribution in [3.63, 3.8) is 0 Å². The molecule has 0 saturated heterocycles. The van der Waals surface area contributed by atoms with E-state index in [0.717, 1.165) is 30.1 Å². The molecule has 0 aliphatic rings. The highest BCUT2D eigenvalue weighted by Crippen LogP contribution is 2.28. The average Bonchev–Trinajstić information content (AvgIpc) is 2.70. The number of aromatic nitrogens is 1. The number of rotatable bonds is 8. The molecule has 134 valence electrons. The minimum absolute atomic E-state index is 0.208. The minimum atomic E-state index is 0.208. The van der Waals surface area contributed by atoms with Crippen LogP contribution in [0.15, 0.2) is 73.1 Å². The first-order valence-electron chi connectivity index (χ1n) is 8.85. The number of hydrogen-bond donors (Lipinski definition) is 2. The van der Waals surface area contributed by atoms with E-state index >= 15 is 0 Å². The van der Waals surface area contributed by atoms with E-state index in [9.17, 15) is 0 Å². The lowest BCUT2D eigenvalue weighted by atomic mass is 9.90. The molecule has 0 aliphatic carbocycles. The Labute approximate surface area is 159 Å². The molecule has 0 amide bonds. The Hall–Kier alpha value is -2.20. The van der Waals surface area contributed by atoms with Gasteiger partial charge in [-0.1, -0.05) is 48.0 Å². The van der Waals surface area contributed by atoms with Crippen LogP contribution in [0.1, 0.15) is 23.5 Å². The second-order valence-electron chi connectivity index (χ2n) is 6.24. The minimum Gasteiger partial charge on any atom is -0.396 e. The van der Waals surface area contributed by atoms with Crippen molar-refractivity contribution in [1.29, 1.82) is 0 Å². The van der Waals surface area contributed by atoms with E-state index in [4.69, 9.17) is 16.7 Å². The summed E-state index contributed by atoms with van der Waals surface area (Å²) in [6, 6.07) is 20.7. The maximum Gasteiger partial charge on any atom is 0.0443 e. The molecule has 2 aromatic carbocycles. The van der Waals surface area contributed by atoms with Gasteiger partial charge in [-0.25, -0.2) is 0 Å². The molecule has 3 nitrogen and oxygen atoms in total. The van der Waals surface area contributed by atoms with Gasteiger partial charge in [-0.15, -0.1) is 0 Å². The first kappa shape index (κ1) is 18.6. The Morgan fingerprint density at radius 2 is 1.42 bits per heavy atom. The Morgan fingerprint density at radius 3 is 2.04 bits per heavy atom. The third-order valence-electron chi connectivity index (χ3n) is 4.46. The lowest BCUT2D eigenvalue weighted by Gasteiger charge is -2.19. The van der Waals surface area contributed by atoms with Gasteiger partial charge in [0.05, 0.1) is 0 Å². The maximum atomic E-state index is 8.98. The molecular formula is C22H23ClN2O. The van der Waals surface area contributed by atoms with Crippen molar-refractivity contribution in [2.45, 2.75) is 12.3 Å². The van der Waals surface area contributed by atoms with Crippen molar-refractivity contribution >= 4 is 11.6 Å². The Morgan fingerprint density at radius 1 is 0.846 bits per heavy atom. The van der Waals surface area contributed by atoms with Crippen LogP contribution in [0.25, 0.3) is 11.1 Å². The molecule has 3 rings (SSSR count). The van der Waals surface area contributed by atoms with Gasteiger partial charge in [0.15, 0.2) is 0 Å². The average molecular weight is 367 g/mol. The normalized spacial score (nSPS) is 12.1. The highest BCUT2D eigenvalue weighted by Gasteiger charge is 2.14. The molecule has 0 saturated carbocycles. The quantitative estimate of drug-likeness (QED) is 0.577. The standard InChI is InChI=1S/C22H23ClN2O/c23-21-8-6-20(7-9-21)22(16-25-12-1-15-26)19-4-2-17(3-5-19)18-10-13-24-14-11-18/h2-11,13-14,22,25-26H,1,12,15-16H2. The summed E-state index contributed by atoms with van der Waals surface area (Å²) in [7, 11) is 0. The summed E-state index contributed by atoms with van der Waals surface area (Å²) in [5, 5.41) is 13.2. The van der Waals surface area contributed by atoms with E-state index in [-0.39, 0.29) is 12.5 Å². The summed E-state index contributed by atoms with van der Waals surface area (Å²) in [5.74, 6) is 0.234. The molecule has 1 aromatic heterocycles. The van der Waals surface area contributed by atoms with E-state index in [2.05, 4.69) is 46.7 Å². The van der Waals surface area contributed by atoms with Crippen LogP contribution in [0.5, 0.6) is 0 Å². The fourth-order valence-corrected chi connectivity index (χ4v) is 3.15. The van der Waals surface area contributed by atoms with Crippen molar-refractivity contribution in [2.24, 2.45) is 0 Å². The number of aliphatic hydroxyl groups excluding tert-OH is 1. The number of nitrogens with zero attached hydrogens (tertiary/aromatic N) is 1. The lowest BCUT2D eigenvalue weighted by Crippen LogP contribution is -2.24. The van der Waals surface area contributed by atoms with E-state index in [1.807, 2.05) is 36.7 Å². The molecule has 1 unspecified atom stereocenters. The largest absolute Gasteiger partial charge is 0.396 e. The summed E-state index contributed by atoms with van der Waals surface area (Å²) in [6.07, 6.45) is 4.38. The van der Waals surface area contributed by atoms with Crippen LogP contribution in [-0.2, 0) is 0 Å². The van der Waals surface area contributed by atoms with Gasteiger partial charge in [0.25, 0.3) is 0 Å². The molecule has 1 heterocycles. The third kappa shape index (κ3) is 4.92. The fraction of sp³-hybridized carbons (Fsp3) is 0.227. The molecule has 0 aliphatic heterocycles. The number of hydrogen-bond acceptors (Lipinski definition) is 3. The van der Waals surface area contributed by atoms with Crippen LogP contribution in [0.4, 0.5) is 0 Å². The Kier molecular flexibility index (Phi) is 6.78. The Bertz CT molecular complexity index is 789. The van der Waals surface area contributed by atoms with Gasteiger partial charge in [0.1, 0.15) is 0 Å². The summed E-state index contributed by atoms with van der Waals surface area (Å²) in [4.78, 5) is 4.08. The smallest absolute Gasteiger partial charge is 0.0443 e. The van der Waals surface area contributed by atoms with E-state index in [1.54, 1.807) is 0 Å². The lowest BCUT2D eigenvalue weighted by molar-refractivity contribution is 0.286. The number of nitrogens with one attached hydrogen (secondary N) is 1. The van der Waals surface area contributed by atoms with Gasteiger partial charge in [-0.3, -0.25) is 4.98 Å². The second kappa shape index (κ2) is 9.48. The third-order valence-corrected chi connectivity index (χ3v) is 4.71. The van der Waals surface area contributed by atoms with Crippen LogP contribution < -0.4 is 5.32 Å². The van der Waals surface area contributed by atoms with Crippen molar-refractivity contribution in [3.05, 3.63) is 89.2 Å². The predicted molar refractivity (Wildman–Crippen MR) is 108 cm³/mol. The molecule has 26 heavy (non-hydrogen) atoms. The molecule has 2 N–H and O–H groups in total. The van der Waals surface area contributed by atoms with Crippen LogP contribution >= 0.6 is 11.6 Å². The van der Waals surface area contributed by atoms with E-state index in [0.29, 0.717) is 0 Å². The summed E-state index contributed by atoms with van der Waals surface area (Å²) < 4.78 is 0. The zero-order valence-electron chi connectivity index (χ0n) is 14.6. The topological polar surface area (TPSA) is 45.1 Å². The molecule has 0 fully saturated rings. The first-order chi connectivity index (χ1) is 12.8. The van der Waals surface area contributed by atoms with Crippen LogP contribution in [0.3, 0.4) is 0 Å². The SMILES string of the molecule is OCCCNCC(c1ccc(Cl)cc1)c1ccc(-c2ccncc2)cc1. The Balaban J connectivity index is 1.82. The van der Waals surface area contributed by atoms with E-state index in [1.165, 1.54) is 16.7 Å². The van der Waals surface area contributed by atoms with Crippen molar-refractivity contribution in [3.8, 4) is 11.1 Å². The van der Waals surface area contributed by atoms with E-state index < -0.39 is 0 Å². The molecule has 0 bridgehead atoms. The number of benzene rings is 2. The number of aliphatic hydroxyl groups is 1. The van der Waals surface area contributed by atoms with Gasteiger partial charge in [0, 0.05) is 36.5 Å². The van der Waals surface area contributed by atoms with Gasteiger partial charge >= 0.3 is 0 Å². The molecule has 1 atom stereocenters. The van der Waals surface area contributed by atoms with Crippen LogP contribution in [0.2, 0.25) is 5.02 Å². The predicted octanol–water partition coefficient (Wildman–Crippen LogP) is 4.51. The van der Waals surface area contributed by atoms with Gasteiger partial charge < -0.3 is 10.4 Å². The first-order valence-corrected chi connectivity index (χ1v) is 9.23. The molecule has 4 heteroatoms. The highest BCUT2D eigenvalue weighted by atomic mass is 35.5. The molecule has 3 aromatic rings. The van der Waals surface area contributed by atoms with Crippen molar-refractivity contribution in [1.82, 2.24) is 10.3 Å². The van der Waals surface area contributed by atoms with Gasteiger partial charge in [-0.05, 0) is 59.5 Å². The molecule has 0 spiro atoms. The summed E-state index contributed by atoms with van der Waals surface area (Å²) in [6.45, 7) is 1.82. The van der Waals surface area contributed by atoms with Crippen molar-refractivity contribution < 1.29 is 5.11 Å². The maximum absolute atomic E-state index is 8.98. The zero-order chi connectivity index (χ0) is 18.2. The highest BCUT2D eigenvalue weighted by molar-refractivity contribution is 6.30. The number of halogens is 1. The summed E-state index contributed by atoms with van der Waals surface area (Å²) >= 11 is 6.05. The van der Waals surface area contributed by atoms with Crippen LogP contribution in [0, 0.1) is 0 Å². The van der Waals surface area contributed by atoms with Crippen LogP contribution in [-0.4, -0.2) is 29.8 Å². The van der Waals surface area contributed by atoms with Gasteiger partial charge in [-0.2, -0.15) is 0 Å². The molecular weight excluding hydrogens is 344 g/mol. The van der Waals surface area contributed by atoms with Crippen molar-refractivity contribution in [2.75, 3.05) is 19.7 Å². The molecule has 0 radical (unpaired) electrons. The zero-order valence-corrected chi connectivity index (χ0v) is 15.4.